The molecule has 36 heavy (non-hydrogen) atoms. The highest BCUT2D eigenvalue weighted by Crippen LogP contribution is 2.42. The van der Waals surface area contributed by atoms with E-state index in [1.807, 2.05) is 25.1 Å². The van der Waals surface area contributed by atoms with Crippen molar-refractivity contribution in [2.24, 2.45) is 7.05 Å². The van der Waals surface area contributed by atoms with Crippen LogP contribution in [0, 0.1) is 6.92 Å². The molecule has 1 aromatic carbocycles. The van der Waals surface area contributed by atoms with E-state index in [1.165, 1.54) is 0 Å². The summed E-state index contributed by atoms with van der Waals surface area (Å²) in [5.41, 5.74) is 4.04. The molecule has 0 atom stereocenters. The number of alkyl halides is 3. The maximum Gasteiger partial charge on any atom is 0.307 e. The molecule has 4 aromatic rings. The van der Waals surface area contributed by atoms with Crippen molar-refractivity contribution in [2.75, 3.05) is 0 Å². The van der Waals surface area contributed by atoms with Crippen molar-refractivity contribution in [3.05, 3.63) is 54.0 Å². The molecular weight excluding hydrogens is 471 g/mol. The van der Waals surface area contributed by atoms with Crippen molar-refractivity contribution in [1.82, 2.24) is 24.5 Å². The third-order valence-corrected chi connectivity index (χ3v) is 6.94. The zero-order valence-electron chi connectivity index (χ0n) is 20.0. The van der Waals surface area contributed by atoms with Gasteiger partial charge >= 0.3 is 5.97 Å². The molecule has 1 saturated carbocycles. The summed E-state index contributed by atoms with van der Waals surface area (Å²) in [5, 5.41) is 17.2. The Bertz CT molecular complexity index is 1410. The molecule has 1 aliphatic rings. The number of benzene rings is 1. The van der Waals surface area contributed by atoms with Crippen molar-refractivity contribution in [3.63, 3.8) is 0 Å². The summed E-state index contributed by atoms with van der Waals surface area (Å²) in [6, 6.07) is 9.01. The zero-order valence-corrected chi connectivity index (χ0v) is 20.0. The van der Waals surface area contributed by atoms with Crippen molar-refractivity contribution >= 4 is 17.0 Å². The van der Waals surface area contributed by atoms with E-state index in [0.717, 1.165) is 28.1 Å². The number of hydrogen-bond donors (Lipinski definition) is 1. The second kappa shape index (κ2) is 8.76. The number of aromatic nitrogens is 5. The minimum Gasteiger partial charge on any atom is -0.481 e. The number of carboxylic acid groups (broad SMARTS) is 1. The Balaban J connectivity index is 1.59. The van der Waals surface area contributed by atoms with Crippen LogP contribution in [0.2, 0.25) is 0 Å². The van der Waals surface area contributed by atoms with Crippen LogP contribution < -0.4 is 0 Å². The van der Waals surface area contributed by atoms with Gasteiger partial charge in [0.2, 0.25) is 5.92 Å². The first-order chi connectivity index (χ1) is 17.0. The number of pyridine rings is 1. The summed E-state index contributed by atoms with van der Waals surface area (Å²) < 4.78 is 46.6. The van der Waals surface area contributed by atoms with Gasteiger partial charge in [-0.25, -0.2) is 17.9 Å². The number of rotatable bonds is 6. The van der Waals surface area contributed by atoms with E-state index in [1.54, 1.807) is 40.8 Å². The van der Waals surface area contributed by atoms with E-state index < -0.39 is 30.4 Å². The van der Waals surface area contributed by atoms with Crippen LogP contribution in [0.25, 0.3) is 33.4 Å². The molecule has 3 aromatic heterocycles. The highest BCUT2D eigenvalue weighted by atomic mass is 19.3. The summed E-state index contributed by atoms with van der Waals surface area (Å²) in [4.78, 5) is 15.7. The molecule has 1 N–H and O–H groups in total. The first-order valence-electron chi connectivity index (χ1n) is 11.8. The Morgan fingerprint density at radius 1 is 1.08 bits per heavy atom. The quantitative estimate of drug-likeness (QED) is 0.388. The van der Waals surface area contributed by atoms with Gasteiger partial charge in [-0.05, 0) is 37.0 Å². The Morgan fingerprint density at radius 3 is 2.39 bits per heavy atom. The average Bonchev–Trinajstić information content (AvgIpc) is 3.35. The number of aliphatic carboxylic acids is 1. The van der Waals surface area contributed by atoms with E-state index in [2.05, 4.69) is 10.3 Å². The summed E-state index contributed by atoms with van der Waals surface area (Å²) in [5.74, 6) is -3.74. The van der Waals surface area contributed by atoms with Gasteiger partial charge < -0.3 is 9.67 Å². The lowest BCUT2D eigenvalue weighted by Crippen LogP contribution is -2.38. The molecule has 0 amide bonds. The monoisotopic (exact) mass is 497 g/mol. The van der Waals surface area contributed by atoms with Gasteiger partial charge in [0.25, 0.3) is 0 Å². The molecule has 0 radical (unpaired) electrons. The topological polar surface area (TPSA) is 85.8 Å². The molecular formula is C26H26F3N5O2. The fourth-order valence-electron chi connectivity index (χ4n) is 5.00. The number of carbonyl (C=O) groups is 1. The fourth-order valence-corrected chi connectivity index (χ4v) is 5.00. The number of nitrogens with zero attached hydrogens (tertiary/aromatic N) is 5. The zero-order chi connectivity index (χ0) is 25.7. The number of aryl methyl sites for hydroxylation is 2. The van der Waals surface area contributed by atoms with Gasteiger partial charge in [0.15, 0.2) is 0 Å². The Morgan fingerprint density at radius 2 is 1.78 bits per heavy atom. The van der Waals surface area contributed by atoms with Gasteiger partial charge in [-0.1, -0.05) is 29.5 Å². The summed E-state index contributed by atoms with van der Waals surface area (Å²) in [7, 11) is 1.78. The van der Waals surface area contributed by atoms with Crippen LogP contribution in [-0.4, -0.2) is 47.2 Å². The van der Waals surface area contributed by atoms with E-state index >= 15 is 4.39 Å². The fraction of sp³-hybridized carbons (Fsp3) is 0.385. The predicted octanol–water partition coefficient (Wildman–Crippen LogP) is 5.35. The van der Waals surface area contributed by atoms with Crippen LogP contribution in [0.15, 0.2) is 42.7 Å². The van der Waals surface area contributed by atoms with E-state index in [9.17, 15) is 13.6 Å². The van der Waals surface area contributed by atoms with Crippen molar-refractivity contribution in [3.8, 4) is 22.4 Å². The van der Waals surface area contributed by atoms with E-state index in [4.69, 9.17) is 10.1 Å². The second-order valence-electron chi connectivity index (χ2n) is 9.68. The molecule has 0 saturated heterocycles. The van der Waals surface area contributed by atoms with Crippen LogP contribution >= 0.6 is 0 Å². The largest absolute Gasteiger partial charge is 0.481 e. The lowest BCUT2D eigenvalue weighted by molar-refractivity contribution is -0.136. The molecule has 1 fully saturated rings. The predicted molar refractivity (Wildman–Crippen MR) is 128 cm³/mol. The molecule has 188 valence electrons. The maximum absolute atomic E-state index is 15.8. The van der Waals surface area contributed by atoms with Gasteiger partial charge in [-0.2, -0.15) is 0 Å². The normalized spacial score (nSPS) is 16.9. The molecule has 0 spiro atoms. The molecule has 0 aliphatic heterocycles. The smallest absolute Gasteiger partial charge is 0.307 e. The van der Waals surface area contributed by atoms with E-state index in [-0.39, 0.29) is 25.8 Å². The highest BCUT2D eigenvalue weighted by Gasteiger charge is 2.44. The lowest BCUT2D eigenvalue weighted by atomic mass is 9.84. The number of hydrogen-bond acceptors (Lipinski definition) is 4. The standard InChI is InChI=1S/C26H26F3N5O2/c1-16-24(33(2)32-31-16)19-12-21-23(30-13-19)20(18-5-3-17(4-6-18)11-22(35)36)14-34(21)15-25(27)7-9-26(28,29)10-8-25/h3-6,12-14H,7-11,15H2,1-2H3,(H,35,36). The van der Waals surface area contributed by atoms with Gasteiger partial charge in [0.05, 0.1) is 35.4 Å². The van der Waals surface area contributed by atoms with Crippen molar-refractivity contribution < 1.29 is 23.1 Å². The lowest BCUT2D eigenvalue weighted by Gasteiger charge is -2.34. The summed E-state index contributed by atoms with van der Waals surface area (Å²) in [6.45, 7) is 1.78. The van der Waals surface area contributed by atoms with Gasteiger partial charge in [0, 0.05) is 43.4 Å². The number of carboxylic acids is 1. The first-order valence-corrected chi connectivity index (χ1v) is 11.8. The molecule has 5 rings (SSSR count). The van der Waals surface area contributed by atoms with Crippen molar-refractivity contribution in [2.45, 2.75) is 57.2 Å². The van der Waals surface area contributed by atoms with E-state index in [0.29, 0.717) is 16.6 Å². The third-order valence-electron chi connectivity index (χ3n) is 6.94. The average molecular weight is 498 g/mol. The number of fused-ring (bicyclic) bond motifs is 1. The van der Waals surface area contributed by atoms with Gasteiger partial charge in [-0.15, -0.1) is 5.10 Å². The minimum atomic E-state index is -2.82. The van der Waals surface area contributed by atoms with Crippen molar-refractivity contribution in [1.29, 1.82) is 0 Å². The second-order valence-corrected chi connectivity index (χ2v) is 9.68. The Hall–Kier alpha value is -3.69. The Labute approximate surface area is 205 Å². The maximum atomic E-state index is 15.8. The van der Waals surface area contributed by atoms with Crippen LogP contribution in [0.3, 0.4) is 0 Å². The third kappa shape index (κ3) is 4.59. The number of halogens is 3. The van der Waals surface area contributed by atoms with Crippen LogP contribution in [0.1, 0.15) is 36.9 Å². The molecule has 10 heteroatoms. The highest BCUT2D eigenvalue weighted by molar-refractivity contribution is 5.94. The molecule has 3 heterocycles. The molecule has 0 bridgehead atoms. The summed E-state index contributed by atoms with van der Waals surface area (Å²) >= 11 is 0. The van der Waals surface area contributed by atoms with Crippen LogP contribution in [-0.2, 0) is 24.8 Å². The van der Waals surface area contributed by atoms with Gasteiger partial charge in [-0.3, -0.25) is 9.78 Å². The SMILES string of the molecule is Cc1nnn(C)c1-c1cnc2c(-c3ccc(CC(=O)O)cc3)cn(CC3(F)CCC(F)(F)CC3)c2c1. The molecule has 0 unspecified atom stereocenters. The summed E-state index contributed by atoms with van der Waals surface area (Å²) in [6.07, 6.45) is 2.07. The van der Waals surface area contributed by atoms with Crippen LogP contribution in [0.4, 0.5) is 13.2 Å². The van der Waals surface area contributed by atoms with Gasteiger partial charge in [0.1, 0.15) is 5.67 Å². The first kappa shape index (κ1) is 24.0. The Kier molecular flexibility index (Phi) is 5.84. The minimum absolute atomic E-state index is 0.0650. The molecule has 1 aliphatic carbocycles. The molecule has 7 nitrogen and oxygen atoms in total. The van der Waals surface area contributed by atoms with Crippen LogP contribution in [0.5, 0.6) is 0 Å².